The molecule has 2 rings (SSSR count). The van der Waals surface area contributed by atoms with Crippen LogP contribution in [0.25, 0.3) is 0 Å². The van der Waals surface area contributed by atoms with Gasteiger partial charge in [0.25, 0.3) is 0 Å². The lowest BCUT2D eigenvalue weighted by Gasteiger charge is -2.20. The van der Waals surface area contributed by atoms with Gasteiger partial charge in [-0.05, 0) is 32.0 Å². The number of ketones is 1. The van der Waals surface area contributed by atoms with Gasteiger partial charge in [-0.15, -0.1) is 0 Å². The van der Waals surface area contributed by atoms with Gasteiger partial charge in [0.15, 0.2) is 0 Å². The van der Waals surface area contributed by atoms with E-state index in [1.165, 1.54) is 0 Å². The Morgan fingerprint density at radius 1 is 1.60 bits per heavy atom. The lowest BCUT2D eigenvalue weighted by molar-refractivity contribution is -0.123. The lowest BCUT2D eigenvalue weighted by Crippen LogP contribution is -2.32. The van der Waals surface area contributed by atoms with E-state index in [4.69, 9.17) is 0 Å². The van der Waals surface area contributed by atoms with Gasteiger partial charge in [-0.25, -0.2) is 0 Å². The number of nitrogens with one attached hydrogen (secondary N) is 1. The van der Waals surface area contributed by atoms with Crippen LogP contribution in [0, 0.1) is 5.92 Å². The molecule has 0 radical (unpaired) electrons. The van der Waals surface area contributed by atoms with E-state index in [1.54, 1.807) is 4.68 Å². The summed E-state index contributed by atoms with van der Waals surface area (Å²) >= 11 is 0. The van der Waals surface area contributed by atoms with Gasteiger partial charge in [0, 0.05) is 19.2 Å². The van der Waals surface area contributed by atoms with Crippen molar-refractivity contribution in [2.45, 2.75) is 19.3 Å². The molecular weight excluding hydrogens is 190 g/mol. The number of Topliss-reactive ketones (excluding diaryl/α,β-unsaturated/α-hetero) is 1. The minimum atomic E-state index is 0.244. The number of aromatic nitrogens is 2. The van der Waals surface area contributed by atoms with Crippen molar-refractivity contribution in [2.75, 3.05) is 13.1 Å². The van der Waals surface area contributed by atoms with Crippen LogP contribution >= 0.6 is 0 Å². The second-order valence-electron chi connectivity index (χ2n) is 4.15. The highest BCUT2D eigenvalue weighted by Gasteiger charge is 2.21. The highest BCUT2D eigenvalue weighted by molar-refractivity contribution is 5.82. The minimum absolute atomic E-state index is 0.244. The van der Waals surface area contributed by atoms with Gasteiger partial charge in [0.1, 0.15) is 5.78 Å². The number of hydrogen-bond donors (Lipinski definition) is 1. The molecule has 1 aliphatic rings. The predicted octanol–water partition coefficient (Wildman–Crippen LogP) is 0.531. The first-order chi connectivity index (χ1) is 7.25. The lowest BCUT2D eigenvalue weighted by atomic mass is 9.91. The van der Waals surface area contributed by atoms with Gasteiger partial charge >= 0.3 is 0 Å². The largest absolute Gasteiger partial charge is 0.317 e. The van der Waals surface area contributed by atoms with Gasteiger partial charge in [-0.1, -0.05) is 0 Å². The third kappa shape index (κ3) is 2.65. The van der Waals surface area contributed by atoms with Crippen LogP contribution in [0.5, 0.6) is 0 Å². The third-order valence-corrected chi connectivity index (χ3v) is 2.92. The third-order valence-electron chi connectivity index (χ3n) is 2.92. The van der Waals surface area contributed by atoms with Gasteiger partial charge in [0.05, 0.1) is 12.1 Å². The Labute approximate surface area is 89.7 Å². The molecule has 0 unspecified atom stereocenters. The molecule has 4 heteroatoms. The topological polar surface area (TPSA) is 46.9 Å². The van der Waals surface area contributed by atoms with E-state index >= 15 is 0 Å². The summed E-state index contributed by atoms with van der Waals surface area (Å²) in [5.74, 6) is 0.587. The maximum absolute atomic E-state index is 11.9. The smallest absolute Gasteiger partial charge is 0.142 e. The highest BCUT2D eigenvalue weighted by atomic mass is 16.1. The quantitative estimate of drug-likeness (QED) is 0.786. The first kappa shape index (κ1) is 10.4. The van der Waals surface area contributed by atoms with E-state index in [9.17, 15) is 4.79 Å². The molecule has 1 aromatic rings. The Bertz CT molecular complexity index is 339. The van der Waals surface area contributed by atoms with Crippen LogP contribution in [-0.4, -0.2) is 28.7 Å². The van der Waals surface area contributed by atoms with Gasteiger partial charge in [0.2, 0.25) is 0 Å². The SMILES string of the molecule is Cn1ccc(CC(=O)C2CCNCC2)n1. The normalized spacial score (nSPS) is 17.9. The van der Waals surface area contributed by atoms with Crippen LogP contribution in [0.1, 0.15) is 18.5 Å². The monoisotopic (exact) mass is 207 g/mol. The average molecular weight is 207 g/mol. The van der Waals surface area contributed by atoms with Crippen LogP contribution in [0.15, 0.2) is 12.3 Å². The number of nitrogens with zero attached hydrogens (tertiary/aromatic N) is 2. The van der Waals surface area contributed by atoms with Crippen molar-refractivity contribution >= 4 is 5.78 Å². The van der Waals surface area contributed by atoms with Gasteiger partial charge < -0.3 is 5.32 Å². The number of rotatable bonds is 3. The standard InChI is InChI=1S/C11H17N3O/c1-14-7-4-10(13-14)8-11(15)9-2-5-12-6-3-9/h4,7,9,12H,2-3,5-6,8H2,1H3. The van der Waals surface area contributed by atoms with Crippen molar-refractivity contribution in [3.8, 4) is 0 Å². The van der Waals surface area contributed by atoms with Crippen molar-refractivity contribution in [2.24, 2.45) is 13.0 Å². The van der Waals surface area contributed by atoms with Crippen LogP contribution in [0.3, 0.4) is 0 Å². The molecule has 0 spiro atoms. The molecule has 15 heavy (non-hydrogen) atoms. The summed E-state index contributed by atoms with van der Waals surface area (Å²) in [7, 11) is 1.87. The molecule has 1 aliphatic heterocycles. The molecular formula is C11H17N3O. The summed E-state index contributed by atoms with van der Waals surface area (Å²) in [5, 5.41) is 7.49. The number of hydrogen-bond acceptors (Lipinski definition) is 3. The molecule has 0 amide bonds. The number of carbonyl (C=O) groups is 1. The summed E-state index contributed by atoms with van der Waals surface area (Å²) in [6.45, 7) is 1.94. The van der Waals surface area contributed by atoms with E-state index in [0.717, 1.165) is 31.6 Å². The number of aryl methyl sites for hydroxylation is 1. The summed E-state index contributed by atoms with van der Waals surface area (Å²) < 4.78 is 1.74. The van der Waals surface area contributed by atoms with E-state index in [1.807, 2.05) is 19.3 Å². The van der Waals surface area contributed by atoms with E-state index in [0.29, 0.717) is 12.2 Å². The van der Waals surface area contributed by atoms with Crippen molar-refractivity contribution < 1.29 is 4.79 Å². The van der Waals surface area contributed by atoms with Crippen molar-refractivity contribution in [1.82, 2.24) is 15.1 Å². The van der Waals surface area contributed by atoms with Crippen molar-refractivity contribution in [3.05, 3.63) is 18.0 Å². The Morgan fingerprint density at radius 3 is 2.93 bits per heavy atom. The van der Waals surface area contributed by atoms with Crippen molar-refractivity contribution in [1.29, 1.82) is 0 Å². The zero-order valence-corrected chi connectivity index (χ0v) is 9.07. The first-order valence-electron chi connectivity index (χ1n) is 5.47. The molecule has 2 heterocycles. The summed E-state index contributed by atoms with van der Waals surface area (Å²) in [4.78, 5) is 11.9. The zero-order valence-electron chi connectivity index (χ0n) is 9.07. The first-order valence-corrected chi connectivity index (χ1v) is 5.47. The molecule has 1 N–H and O–H groups in total. The molecule has 0 bridgehead atoms. The molecule has 0 aromatic carbocycles. The molecule has 1 aromatic heterocycles. The second-order valence-corrected chi connectivity index (χ2v) is 4.15. The summed E-state index contributed by atoms with van der Waals surface area (Å²) in [6.07, 6.45) is 4.33. The summed E-state index contributed by atoms with van der Waals surface area (Å²) in [6, 6.07) is 1.92. The fourth-order valence-electron chi connectivity index (χ4n) is 2.02. The molecule has 0 atom stereocenters. The van der Waals surface area contributed by atoms with E-state index in [-0.39, 0.29) is 5.92 Å². The highest BCUT2D eigenvalue weighted by Crippen LogP contribution is 2.14. The molecule has 1 saturated heterocycles. The van der Waals surface area contributed by atoms with E-state index < -0.39 is 0 Å². The molecule has 4 nitrogen and oxygen atoms in total. The van der Waals surface area contributed by atoms with Crippen molar-refractivity contribution in [3.63, 3.8) is 0 Å². The molecule has 0 aliphatic carbocycles. The Kier molecular flexibility index (Phi) is 3.16. The number of piperidine rings is 1. The molecule has 1 fully saturated rings. The minimum Gasteiger partial charge on any atom is -0.317 e. The number of carbonyl (C=O) groups excluding carboxylic acids is 1. The van der Waals surface area contributed by atoms with Crippen LogP contribution in [-0.2, 0) is 18.3 Å². The van der Waals surface area contributed by atoms with E-state index in [2.05, 4.69) is 10.4 Å². The fourth-order valence-corrected chi connectivity index (χ4v) is 2.02. The Balaban J connectivity index is 1.91. The Hall–Kier alpha value is -1.16. The fraction of sp³-hybridized carbons (Fsp3) is 0.636. The molecule has 82 valence electrons. The predicted molar refractivity (Wildman–Crippen MR) is 57.5 cm³/mol. The molecule has 0 saturated carbocycles. The van der Waals surface area contributed by atoms with Crippen LogP contribution in [0.2, 0.25) is 0 Å². The second kappa shape index (κ2) is 4.57. The van der Waals surface area contributed by atoms with Gasteiger partial charge in [-0.3, -0.25) is 9.48 Å². The average Bonchev–Trinajstić information content (AvgIpc) is 2.65. The maximum atomic E-state index is 11.9. The van der Waals surface area contributed by atoms with Gasteiger partial charge in [-0.2, -0.15) is 5.10 Å². The summed E-state index contributed by atoms with van der Waals surface area (Å²) in [5.41, 5.74) is 0.890. The van der Waals surface area contributed by atoms with Crippen LogP contribution < -0.4 is 5.32 Å². The van der Waals surface area contributed by atoms with Crippen LogP contribution in [0.4, 0.5) is 0 Å². The Morgan fingerprint density at radius 2 is 2.33 bits per heavy atom. The zero-order chi connectivity index (χ0) is 10.7. The maximum Gasteiger partial charge on any atom is 0.142 e.